The van der Waals surface area contributed by atoms with Crippen LogP contribution in [0.4, 0.5) is 0 Å². The lowest BCUT2D eigenvalue weighted by atomic mass is 9.93. The molecule has 2 aliphatic heterocycles. The number of fused-ring (bicyclic) bond motifs is 3. The summed E-state index contributed by atoms with van der Waals surface area (Å²) in [6.45, 7) is 2.40. The molecule has 2 aliphatic rings. The van der Waals surface area contributed by atoms with Crippen LogP contribution in [0.1, 0.15) is 15.9 Å². The molecule has 2 N–H and O–H groups in total. The summed E-state index contributed by atoms with van der Waals surface area (Å²) in [6, 6.07) is 15.1. The number of carbonyl (C=O) groups is 1. The molecule has 1 atom stereocenters. The predicted octanol–water partition coefficient (Wildman–Crippen LogP) is 2.03. The Balaban J connectivity index is 1.45. The zero-order chi connectivity index (χ0) is 22.1. The third-order valence-corrected chi connectivity index (χ3v) is 5.76. The minimum atomic E-state index is -0.455. The Labute approximate surface area is 184 Å². The van der Waals surface area contributed by atoms with Crippen molar-refractivity contribution in [3.05, 3.63) is 70.1 Å². The minimum absolute atomic E-state index is 0.171. The van der Waals surface area contributed by atoms with Crippen molar-refractivity contribution in [1.82, 2.24) is 9.55 Å². The van der Waals surface area contributed by atoms with Crippen LogP contribution in [0, 0.1) is 0 Å². The van der Waals surface area contributed by atoms with Gasteiger partial charge in [0.05, 0.1) is 25.5 Å². The van der Waals surface area contributed by atoms with Crippen LogP contribution in [-0.4, -0.2) is 48.0 Å². The van der Waals surface area contributed by atoms with Crippen molar-refractivity contribution in [2.45, 2.75) is 19.1 Å². The fourth-order valence-corrected chi connectivity index (χ4v) is 4.12. The number of hydrogen-bond acceptors (Lipinski definition) is 6. The number of primary amides is 1. The highest BCUT2D eigenvalue weighted by Crippen LogP contribution is 2.33. The molecule has 8 heteroatoms. The highest BCUT2D eigenvalue weighted by atomic mass is 16.6. The zero-order valence-corrected chi connectivity index (χ0v) is 17.5. The molecule has 1 aromatic heterocycles. The lowest BCUT2D eigenvalue weighted by molar-refractivity contribution is -0.102. The molecule has 8 nitrogen and oxygen atoms in total. The van der Waals surface area contributed by atoms with Crippen molar-refractivity contribution < 1.29 is 19.0 Å². The first-order chi connectivity index (χ1) is 15.6. The first-order valence-corrected chi connectivity index (χ1v) is 10.6. The van der Waals surface area contributed by atoms with Crippen LogP contribution in [0.2, 0.25) is 0 Å². The molecule has 0 bridgehead atoms. The maximum Gasteiger partial charge on any atom is 0.351 e. The van der Waals surface area contributed by atoms with Crippen LogP contribution in [0.25, 0.3) is 22.4 Å². The van der Waals surface area contributed by atoms with Gasteiger partial charge in [-0.1, -0.05) is 30.3 Å². The predicted molar refractivity (Wildman–Crippen MR) is 118 cm³/mol. The smallest absolute Gasteiger partial charge is 0.351 e. The third kappa shape index (κ3) is 4.02. The van der Waals surface area contributed by atoms with Gasteiger partial charge < -0.3 is 19.9 Å². The maximum atomic E-state index is 12.6. The minimum Gasteiger partial charge on any atom is -0.475 e. The zero-order valence-electron chi connectivity index (χ0n) is 17.5. The molecular formula is C24H23N3O5. The molecule has 1 unspecified atom stereocenters. The summed E-state index contributed by atoms with van der Waals surface area (Å²) < 4.78 is 18.4. The van der Waals surface area contributed by atoms with Gasteiger partial charge in [0.15, 0.2) is 0 Å². The average molecular weight is 433 g/mol. The molecule has 0 saturated carbocycles. The molecule has 3 aromatic rings. The molecule has 0 aliphatic carbocycles. The van der Waals surface area contributed by atoms with E-state index < -0.39 is 5.91 Å². The van der Waals surface area contributed by atoms with Gasteiger partial charge in [-0.25, -0.2) is 4.79 Å². The molecule has 32 heavy (non-hydrogen) atoms. The van der Waals surface area contributed by atoms with Crippen LogP contribution < -0.4 is 16.2 Å². The molecule has 3 heterocycles. The molecule has 1 saturated heterocycles. The summed E-state index contributed by atoms with van der Waals surface area (Å²) in [4.78, 5) is 28.2. The van der Waals surface area contributed by atoms with E-state index in [0.717, 1.165) is 27.9 Å². The molecule has 2 aromatic carbocycles. The number of carbonyl (C=O) groups excluding carboxylic acids is 1. The van der Waals surface area contributed by atoms with Crippen LogP contribution in [0.3, 0.4) is 0 Å². The van der Waals surface area contributed by atoms with E-state index in [9.17, 15) is 9.59 Å². The Kier molecular flexibility index (Phi) is 5.46. The molecule has 5 rings (SSSR count). The van der Waals surface area contributed by atoms with Gasteiger partial charge in [-0.3, -0.25) is 9.36 Å². The quantitative estimate of drug-likeness (QED) is 0.660. The second-order valence-corrected chi connectivity index (χ2v) is 7.86. The van der Waals surface area contributed by atoms with Crippen molar-refractivity contribution in [3.8, 4) is 28.3 Å². The summed E-state index contributed by atoms with van der Waals surface area (Å²) >= 11 is 0. The van der Waals surface area contributed by atoms with E-state index >= 15 is 0 Å². The number of nitrogens with zero attached hydrogens (tertiary/aromatic N) is 2. The summed E-state index contributed by atoms with van der Waals surface area (Å²) in [5.41, 5.74) is 10.3. The van der Waals surface area contributed by atoms with Crippen LogP contribution in [0.15, 0.2) is 53.3 Å². The Morgan fingerprint density at radius 1 is 1.16 bits per heavy atom. The molecule has 1 fully saturated rings. The number of aromatic nitrogens is 2. The fraction of sp³-hybridized carbons (Fsp3) is 0.292. The first kappa shape index (κ1) is 20.4. The third-order valence-electron chi connectivity index (χ3n) is 5.76. The number of hydrogen-bond donors (Lipinski definition) is 1. The Morgan fingerprint density at radius 2 is 2.03 bits per heavy atom. The van der Waals surface area contributed by atoms with E-state index in [2.05, 4.69) is 11.1 Å². The standard InChI is InChI=1S/C24H23N3O5/c25-23(28)18-3-1-2-15(11-18)16-4-5-20-17(10-16)6-7-27-21(20)12-22(26-24(27)29)32-14-19-13-30-8-9-31-19/h1-5,10-12,19H,6-9,13-14H2,(H2,25,28). The summed E-state index contributed by atoms with van der Waals surface area (Å²) in [6.07, 6.45) is 0.538. The van der Waals surface area contributed by atoms with Crippen LogP contribution >= 0.6 is 0 Å². The lowest BCUT2D eigenvalue weighted by Crippen LogP contribution is -2.34. The normalized spacial score (nSPS) is 17.3. The number of aryl methyl sites for hydroxylation is 1. The van der Waals surface area contributed by atoms with E-state index in [-0.39, 0.29) is 24.3 Å². The molecule has 1 amide bonds. The average Bonchev–Trinajstić information content (AvgIpc) is 2.83. The van der Waals surface area contributed by atoms with E-state index in [1.165, 1.54) is 0 Å². The van der Waals surface area contributed by atoms with Gasteiger partial charge in [-0.15, -0.1) is 0 Å². The number of nitrogens with two attached hydrogens (primary N) is 1. The fourth-order valence-electron chi connectivity index (χ4n) is 4.12. The van der Waals surface area contributed by atoms with Gasteiger partial charge in [0.25, 0.3) is 0 Å². The highest BCUT2D eigenvalue weighted by molar-refractivity contribution is 5.94. The van der Waals surface area contributed by atoms with E-state index in [1.54, 1.807) is 22.8 Å². The maximum absolute atomic E-state index is 12.6. The largest absolute Gasteiger partial charge is 0.475 e. The van der Waals surface area contributed by atoms with Gasteiger partial charge >= 0.3 is 5.69 Å². The molecule has 164 valence electrons. The Morgan fingerprint density at radius 3 is 2.84 bits per heavy atom. The Bertz CT molecular complexity index is 1230. The van der Waals surface area contributed by atoms with E-state index in [4.69, 9.17) is 19.9 Å². The van der Waals surface area contributed by atoms with Gasteiger partial charge in [-0.05, 0) is 35.2 Å². The Hall–Kier alpha value is -3.49. The van der Waals surface area contributed by atoms with Crippen molar-refractivity contribution >= 4 is 5.91 Å². The van der Waals surface area contributed by atoms with Crippen molar-refractivity contribution in [2.75, 3.05) is 26.4 Å². The molecular weight excluding hydrogens is 410 g/mol. The first-order valence-electron chi connectivity index (χ1n) is 10.6. The van der Waals surface area contributed by atoms with E-state index in [1.807, 2.05) is 24.3 Å². The van der Waals surface area contributed by atoms with E-state index in [0.29, 0.717) is 38.3 Å². The summed E-state index contributed by atoms with van der Waals surface area (Å²) in [7, 11) is 0. The monoisotopic (exact) mass is 433 g/mol. The number of rotatable bonds is 5. The lowest BCUT2D eigenvalue weighted by Gasteiger charge is -2.24. The van der Waals surface area contributed by atoms with Crippen molar-refractivity contribution in [3.63, 3.8) is 0 Å². The van der Waals surface area contributed by atoms with Crippen LogP contribution in [-0.2, 0) is 22.4 Å². The highest BCUT2D eigenvalue weighted by Gasteiger charge is 2.21. The second kappa shape index (κ2) is 8.57. The number of ether oxygens (including phenoxy) is 3. The second-order valence-electron chi connectivity index (χ2n) is 7.86. The van der Waals surface area contributed by atoms with Gasteiger partial charge in [0.1, 0.15) is 12.7 Å². The summed E-state index contributed by atoms with van der Waals surface area (Å²) in [5.74, 6) is -0.176. The number of benzene rings is 2. The molecule has 0 spiro atoms. The number of amides is 1. The van der Waals surface area contributed by atoms with Crippen molar-refractivity contribution in [2.24, 2.45) is 5.73 Å². The van der Waals surface area contributed by atoms with Gasteiger partial charge in [0, 0.05) is 23.7 Å². The summed E-state index contributed by atoms with van der Waals surface area (Å²) in [5, 5.41) is 0. The van der Waals surface area contributed by atoms with Gasteiger partial charge in [-0.2, -0.15) is 4.98 Å². The molecule has 0 radical (unpaired) electrons. The SMILES string of the molecule is NC(=O)c1cccc(-c2ccc3c(c2)CCn2c-3cc(OCC3COCCO3)nc2=O)c1. The van der Waals surface area contributed by atoms with Crippen LogP contribution in [0.5, 0.6) is 5.88 Å². The topological polar surface area (TPSA) is 106 Å². The van der Waals surface area contributed by atoms with Crippen molar-refractivity contribution in [1.29, 1.82) is 0 Å². The van der Waals surface area contributed by atoms with Gasteiger partial charge in [0.2, 0.25) is 11.8 Å².